The van der Waals surface area contributed by atoms with E-state index in [1.807, 2.05) is 41.5 Å². The number of amides is 3. The molecular weight excluding hydrogens is 1180 g/mol. The van der Waals surface area contributed by atoms with Gasteiger partial charge in [0.2, 0.25) is 0 Å². The van der Waals surface area contributed by atoms with Crippen molar-refractivity contribution < 1.29 is 57.2 Å². The largest absolute Gasteiger partial charge is 0.461 e. The average Bonchev–Trinajstić information content (AvgIpc) is 1.09. The first-order valence-electron chi connectivity index (χ1n) is 35.4. The van der Waals surface area contributed by atoms with E-state index in [0.717, 1.165) is 136 Å². The summed E-state index contributed by atoms with van der Waals surface area (Å²) in [6, 6.07) is 0. The zero-order chi connectivity index (χ0) is 67.8. The number of aromatic nitrogens is 3. The second-order valence-corrected chi connectivity index (χ2v) is 27.5. The first kappa shape index (κ1) is 80.7. The van der Waals surface area contributed by atoms with Crippen LogP contribution < -0.4 is 38.8 Å². The van der Waals surface area contributed by atoms with Crippen LogP contribution in [0.4, 0.5) is 14.4 Å². The average molecular weight is 1310 g/mol. The van der Waals surface area contributed by atoms with Crippen LogP contribution >= 0.6 is 0 Å². The van der Waals surface area contributed by atoms with Crippen molar-refractivity contribution in [1.29, 1.82) is 0 Å². The SMILES string of the molecule is CCCCCCC(C)(C)C(=O)OCC(CN)OC(=O)NCCCCCCn1c(=O)n(CCCCCCNC(=O)OC(COC(=O)C(C)(C)CCCCCC)CN2CCC2)c(=O)n(CCCCCCNC(=O)OC(COC(=O)C(C)(C)CCCCCC)CN2CC2)c1=O. The molecule has 3 rings (SSSR count). The van der Waals surface area contributed by atoms with E-state index in [9.17, 15) is 43.2 Å². The van der Waals surface area contributed by atoms with Crippen molar-refractivity contribution in [2.45, 2.75) is 280 Å². The monoisotopic (exact) mass is 1310 g/mol. The van der Waals surface area contributed by atoms with E-state index in [1.54, 1.807) is 0 Å². The van der Waals surface area contributed by atoms with Crippen LogP contribution in [0, 0.1) is 16.2 Å². The third-order valence-electron chi connectivity index (χ3n) is 17.4. The Labute approximate surface area is 549 Å². The highest BCUT2D eigenvalue weighted by Gasteiger charge is 2.34. The van der Waals surface area contributed by atoms with Crippen LogP contribution in [0.25, 0.3) is 0 Å². The lowest BCUT2D eigenvalue weighted by Crippen LogP contribution is -2.54. The second kappa shape index (κ2) is 45.0. The fourth-order valence-electron chi connectivity index (χ4n) is 10.8. The van der Waals surface area contributed by atoms with Crippen LogP contribution in [0.15, 0.2) is 14.4 Å². The van der Waals surface area contributed by atoms with Crippen molar-refractivity contribution >= 4 is 36.2 Å². The van der Waals surface area contributed by atoms with Gasteiger partial charge in [0, 0.05) is 72.0 Å². The molecule has 0 bridgehead atoms. The van der Waals surface area contributed by atoms with Gasteiger partial charge in [-0.1, -0.05) is 136 Å². The van der Waals surface area contributed by atoms with E-state index in [0.29, 0.717) is 116 Å². The molecule has 0 spiro atoms. The number of likely N-dealkylation sites (tertiary alicyclic amines) is 1. The number of hydrogen-bond acceptors (Lipinski definition) is 18. The van der Waals surface area contributed by atoms with Gasteiger partial charge in [0.25, 0.3) is 0 Å². The minimum atomic E-state index is -0.808. The number of hydrogen-bond donors (Lipinski definition) is 4. The fourth-order valence-corrected chi connectivity index (χ4v) is 10.8. The number of unbranched alkanes of at least 4 members (excludes halogenated alkanes) is 18. The number of esters is 3. The number of carbonyl (C=O) groups is 6. The Kier molecular flexibility index (Phi) is 39.5. The Morgan fingerprint density at radius 3 is 0.967 bits per heavy atom. The number of nitrogens with zero attached hydrogens (tertiary/aromatic N) is 5. The summed E-state index contributed by atoms with van der Waals surface area (Å²) in [6.45, 7) is 23.2. The highest BCUT2D eigenvalue weighted by Crippen LogP contribution is 2.29. The van der Waals surface area contributed by atoms with Gasteiger partial charge < -0.3 is 50.1 Å². The molecule has 92 heavy (non-hydrogen) atoms. The summed E-state index contributed by atoms with van der Waals surface area (Å²) in [5.74, 6) is -0.964. The minimum absolute atomic E-state index is 0.0232. The summed E-state index contributed by atoms with van der Waals surface area (Å²) in [6.07, 6.45) is 19.1. The maximum Gasteiger partial charge on any atom is 0.407 e. The van der Waals surface area contributed by atoms with E-state index in [1.165, 1.54) is 0 Å². The normalized spacial score (nSPS) is 14.5. The molecule has 24 nitrogen and oxygen atoms in total. The lowest BCUT2D eigenvalue weighted by atomic mass is 9.87. The number of carbonyl (C=O) groups excluding carboxylic acids is 6. The Bertz CT molecular complexity index is 2490. The van der Waals surface area contributed by atoms with Gasteiger partial charge in [0.05, 0.1) is 16.2 Å². The van der Waals surface area contributed by atoms with Crippen molar-refractivity contribution in [3.8, 4) is 0 Å². The maximum absolute atomic E-state index is 14.0. The summed E-state index contributed by atoms with van der Waals surface area (Å²) in [5.41, 5.74) is 1.88. The standard InChI is InChI=1S/C68H123N9O15/c1-10-13-16-25-35-66(4,5)57(78)87-51-54(48-69)90-60(81)70-38-28-19-22-31-43-75-63(84)76(44-32-23-20-29-39-71-61(82)91-55(49-73-41-34-42-73)52-88-58(79)67(6,7)36-26-17-14-11-2)65(86)77(64(75)85)45-33-24-21-30-40-72-62(83)92-56(50-74-46-47-74)53-89-59(80)68(8,9)37-27-18-15-12-3/h54-56H,10-53,69H2,1-9H3,(H,70,81)(H,71,82)(H,72,83). The topological polar surface area (TPSA) is 292 Å². The second-order valence-electron chi connectivity index (χ2n) is 27.5. The summed E-state index contributed by atoms with van der Waals surface area (Å²) in [4.78, 5) is 124. The van der Waals surface area contributed by atoms with Gasteiger partial charge in [-0.25, -0.2) is 42.5 Å². The molecule has 3 unspecified atom stereocenters. The molecule has 5 N–H and O–H groups in total. The van der Waals surface area contributed by atoms with E-state index < -0.39 is 69.9 Å². The molecule has 0 aliphatic carbocycles. The fraction of sp³-hybridized carbons (Fsp3) is 0.868. The van der Waals surface area contributed by atoms with Gasteiger partial charge in [0.15, 0.2) is 12.2 Å². The Morgan fingerprint density at radius 2 is 0.685 bits per heavy atom. The highest BCUT2D eigenvalue weighted by molar-refractivity contribution is 5.77. The van der Waals surface area contributed by atoms with Crippen molar-refractivity contribution in [3.63, 3.8) is 0 Å². The molecule has 3 atom stereocenters. The maximum atomic E-state index is 14.0. The molecule has 0 radical (unpaired) electrons. The molecule has 3 heterocycles. The molecule has 1 aromatic heterocycles. The van der Waals surface area contributed by atoms with Gasteiger partial charge in [-0.15, -0.1) is 0 Å². The van der Waals surface area contributed by atoms with Gasteiger partial charge >= 0.3 is 53.3 Å². The Morgan fingerprint density at radius 1 is 0.402 bits per heavy atom. The molecule has 530 valence electrons. The van der Waals surface area contributed by atoms with Crippen LogP contribution in [-0.2, 0) is 62.4 Å². The number of alkyl carbamates (subject to hydrolysis) is 3. The van der Waals surface area contributed by atoms with Gasteiger partial charge in [-0.3, -0.25) is 24.2 Å². The number of nitrogens with one attached hydrogen (secondary N) is 3. The highest BCUT2D eigenvalue weighted by atomic mass is 16.6. The van der Waals surface area contributed by atoms with Gasteiger partial charge in [-0.05, 0) is 119 Å². The summed E-state index contributed by atoms with van der Waals surface area (Å²) in [7, 11) is 0. The Hall–Kier alpha value is -5.49. The van der Waals surface area contributed by atoms with E-state index >= 15 is 0 Å². The number of rotatable bonds is 53. The smallest absolute Gasteiger partial charge is 0.407 e. The van der Waals surface area contributed by atoms with Crippen molar-refractivity contribution in [1.82, 2.24) is 39.5 Å². The molecule has 2 aliphatic heterocycles. The van der Waals surface area contributed by atoms with Gasteiger partial charge in [0.1, 0.15) is 25.9 Å². The zero-order valence-corrected chi connectivity index (χ0v) is 58.3. The molecule has 1 aromatic rings. The third-order valence-corrected chi connectivity index (χ3v) is 17.4. The summed E-state index contributed by atoms with van der Waals surface area (Å²) in [5, 5.41) is 8.34. The number of nitrogens with two attached hydrogens (primary N) is 1. The molecule has 2 fully saturated rings. The molecule has 24 heteroatoms. The molecule has 3 amide bonds. The van der Waals surface area contributed by atoms with Crippen LogP contribution in [0.2, 0.25) is 0 Å². The van der Waals surface area contributed by atoms with Gasteiger partial charge in [-0.2, -0.15) is 0 Å². The van der Waals surface area contributed by atoms with E-state index in [2.05, 4.69) is 46.5 Å². The minimum Gasteiger partial charge on any atom is -0.461 e. The molecule has 0 aromatic carbocycles. The van der Waals surface area contributed by atoms with Crippen molar-refractivity contribution in [3.05, 3.63) is 31.5 Å². The summed E-state index contributed by atoms with van der Waals surface area (Å²) >= 11 is 0. The lowest BCUT2D eigenvalue weighted by molar-refractivity contribution is -0.158. The summed E-state index contributed by atoms with van der Waals surface area (Å²) < 4.78 is 37.2. The molecule has 2 aliphatic rings. The molecular formula is C68H123N9O15. The molecule has 2 saturated heterocycles. The van der Waals surface area contributed by atoms with E-state index in [4.69, 9.17) is 34.2 Å². The third kappa shape index (κ3) is 33.1. The lowest BCUT2D eigenvalue weighted by Gasteiger charge is -2.34. The van der Waals surface area contributed by atoms with Crippen molar-refractivity contribution in [2.24, 2.45) is 22.0 Å². The Balaban J connectivity index is 1.54. The quantitative estimate of drug-likeness (QED) is 0.0204. The predicted octanol–water partition coefficient (Wildman–Crippen LogP) is 9.74. The van der Waals surface area contributed by atoms with Crippen LogP contribution in [0.1, 0.15) is 242 Å². The van der Waals surface area contributed by atoms with Crippen LogP contribution in [-0.4, -0.2) is 163 Å². The zero-order valence-electron chi connectivity index (χ0n) is 58.3. The van der Waals surface area contributed by atoms with Crippen molar-refractivity contribution in [2.75, 3.05) is 85.3 Å². The first-order valence-corrected chi connectivity index (χ1v) is 35.4. The van der Waals surface area contributed by atoms with E-state index in [-0.39, 0.29) is 63.9 Å². The predicted molar refractivity (Wildman–Crippen MR) is 356 cm³/mol. The molecule has 0 saturated carbocycles. The van der Waals surface area contributed by atoms with Crippen LogP contribution in [0.3, 0.4) is 0 Å². The number of ether oxygens (including phenoxy) is 6. The van der Waals surface area contributed by atoms with Crippen LogP contribution in [0.5, 0.6) is 0 Å². The first-order chi connectivity index (χ1) is 44.0.